The molecule has 0 atom stereocenters. The zero-order chi connectivity index (χ0) is 23.1. The molecule has 5 nitrogen and oxygen atoms in total. The van der Waals surface area contributed by atoms with Crippen LogP contribution in [0.15, 0.2) is 30.8 Å². The summed E-state index contributed by atoms with van der Waals surface area (Å²) in [7, 11) is 1.35. The number of phenols is 2. The quantitative estimate of drug-likeness (QED) is 0.454. The number of carbonyl (C=O) groups is 1. The van der Waals surface area contributed by atoms with Gasteiger partial charge in [0.15, 0.2) is 0 Å². The highest BCUT2D eigenvalue weighted by Crippen LogP contribution is 2.45. The van der Waals surface area contributed by atoms with Crippen LogP contribution in [0, 0.1) is 6.92 Å². The number of aromatic hydroxyl groups is 2. The van der Waals surface area contributed by atoms with Crippen molar-refractivity contribution >= 4 is 11.7 Å². The van der Waals surface area contributed by atoms with Crippen LogP contribution in [0.5, 0.6) is 11.5 Å². The number of ether oxygens (including phenoxy) is 1. The molecule has 0 saturated heterocycles. The molecule has 0 heterocycles. The van der Waals surface area contributed by atoms with Crippen LogP contribution in [0.2, 0.25) is 0 Å². The van der Waals surface area contributed by atoms with Gasteiger partial charge in [-0.05, 0) is 56.4 Å². The number of nitrogens with zero attached hydrogens (tertiary/aromatic N) is 1. The van der Waals surface area contributed by atoms with Crippen LogP contribution >= 0.6 is 0 Å². The van der Waals surface area contributed by atoms with Crippen LogP contribution in [0.1, 0.15) is 62.3 Å². The Balaban J connectivity index is 2.71. The molecular formula is C26H35NO4. The molecule has 0 bridgehead atoms. The number of aryl methyl sites for hydroxylation is 2. The van der Waals surface area contributed by atoms with Crippen LogP contribution in [-0.4, -0.2) is 34.9 Å². The van der Waals surface area contributed by atoms with Crippen molar-refractivity contribution in [2.45, 2.75) is 59.9 Å². The van der Waals surface area contributed by atoms with Gasteiger partial charge in [-0.2, -0.15) is 0 Å². The normalized spacial score (nSPS) is 10.7. The summed E-state index contributed by atoms with van der Waals surface area (Å²) >= 11 is 0. The van der Waals surface area contributed by atoms with Crippen molar-refractivity contribution in [2.24, 2.45) is 0 Å². The second-order valence-corrected chi connectivity index (χ2v) is 8.03. The number of amides is 1. The second-order valence-electron chi connectivity index (χ2n) is 8.03. The van der Waals surface area contributed by atoms with E-state index in [0.29, 0.717) is 24.1 Å². The summed E-state index contributed by atoms with van der Waals surface area (Å²) in [4.78, 5) is 13.7. The Morgan fingerprint density at radius 2 is 1.87 bits per heavy atom. The molecule has 0 aliphatic carbocycles. The van der Waals surface area contributed by atoms with Gasteiger partial charge in [-0.3, -0.25) is 0 Å². The van der Waals surface area contributed by atoms with Crippen LogP contribution in [-0.2, 0) is 17.7 Å². The molecule has 31 heavy (non-hydrogen) atoms. The van der Waals surface area contributed by atoms with Gasteiger partial charge in [0.1, 0.15) is 11.5 Å². The van der Waals surface area contributed by atoms with Crippen LogP contribution in [0.4, 0.5) is 4.79 Å². The molecule has 0 saturated carbocycles. The molecular weight excluding hydrogens is 390 g/mol. The lowest BCUT2D eigenvalue weighted by atomic mass is 9.89. The Labute approximate surface area is 186 Å². The van der Waals surface area contributed by atoms with Gasteiger partial charge >= 0.3 is 6.09 Å². The van der Waals surface area contributed by atoms with Crippen molar-refractivity contribution in [1.82, 2.24) is 4.90 Å². The zero-order valence-corrected chi connectivity index (χ0v) is 19.4. The van der Waals surface area contributed by atoms with E-state index in [-0.39, 0.29) is 18.0 Å². The number of methoxy groups -OCH3 is 1. The molecule has 2 rings (SSSR count). The average Bonchev–Trinajstić information content (AvgIpc) is 2.73. The maximum absolute atomic E-state index is 12.2. The van der Waals surface area contributed by atoms with E-state index in [0.717, 1.165) is 47.1 Å². The highest BCUT2D eigenvalue weighted by molar-refractivity contribution is 5.87. The molecule has 1 amide bonds. The molecule has 2 aromatic carbocycles. The Kier molecular flexibility index (Phi) is 8.55. The van der Waals surface area contributed by atoms with E-state index in [4.69, 9.17) is 4.74 Å². The molecule has 5 heteroatoms. The van der Waals surface area contributed by atoms with Gasteiger partial charge in [-0.15, -0.1) is 0 Å². The average molecular weight is 426 g/mol. The minimum absolute atomic E-state index is 0.00181. The molecule has 2 aromatic rings. The van der Waals surface area contributed by atoms with Gasteiger partial charge in [0.2, 0.25) is 0 Å². The fourth-order valence-electron chi connectivity index (χ4n) is 3.84. The standard InChI is InChI=1S/C26H35NO4/c1-7-9-10-11-19-15-23(28)24(21-14-18(5)12-13-20(21)17(3)4)25(29)22(19)16-27(8-2)26(30)31-6/h12-15,28-29H,3,7-11,16H2,1-2,4-6H3. The van der Waals surface area contributed by atoms with E-state index in [1.54, 1.807) is 6.07 Å². The molecule has 168 valence electrons. The summed E-state index contributed by atoms with van der Waals surface area (Å²) in [5.74, 6) is 0.0314. The van der Waals surface area contributed by atoms with Gasteiger partial charge < -0.3 is 19.8 Å². The van der Waals surface area contributed by atoms with Gasteiger partial charge in [0.05, 0.1) is 19.2 Å². The highest BCUT2D eigenvalue weighted by atomic mass is 16.5. The molecule has 0 fully saturated rings. The third kappa shape index (κ3) is 5.60. The van der Waals surface area contributed by atoms with Crippen molar-refractivity contribution in [3.63, 3.8) is 0 Å². The minimum atomic E-state index is -0.450. The fraction of sp³-hybridized carbons (Fsp3) is 0.423. The molecule has 0 aliphatic rings. The van der Waals surface area contributed by atoms with Crippen LogP contribution < -0.4 is 0 Å². The molecule has 0 aromatic heterocycles. The number of allylic oxidation sites excluding steroid dienone is 1. The maximum atomic E-state index is 12.2. The van der Waals surface area contributed by atoms with Crippen LogP contribution in [0.25, 0.3) is 16.7 Å². The molecule has 0 radical (unpaired) electrons. The van der Waals surface area contributed by atoms with E-state index in [1.807, 2.05) is 39.0 Å². The number of phenolic OH excluding ortho intramolecular Hbond substituents is 2. The van der Waals surface area contributed by atoms with E-state index < -0.39 is 6.09 Å². The first-order valence-electron chi connectivity index (χ1n) is 10.9. The molecule has 0 unspecified atom stereocenters. The number of hydrogen-bond donors (Lipinski definition) is 2. The number of benzene rings is 2. The fourth-order valence-corrected chi connectivity index (χ4v) is 3.84. The van der Waals surface area contributed by atoms with Crippen molar-refractivity contribution in [1.29, 1.82) is 0 Å². The molecule has 2 N–H and O–H groups in total. The summed E-state index contributed by atoms with van der Waals surface area (Å²) in [5.41, 5.74) is 5.30. The number of carbonyl (C=O) groups excluding carboxylic acids is 1. The monoisotopic (exact) mass is 425 g/mol. The SMILES string of the molecule is C=C(C)c1ccc(C)cc1-c1c(O)cc(CCCCC)c(CN(CC)C(=O)OC)c1O. The van der Waals surface area contributed by atoms with E-state index in [9.17, 15) is 15.0 Å². The minimum Gasteiger partial charge on any atom is -0.507 e. The second kappa shape index (κ2) is 10.9. The van der Waals surface area contributed by atoms with Gasteiger partial charge in [-0.1, -0.05) is 55.7 Å². The lowest BCUT2D eigenvalue weighted by Gasteiger charge is -2.24. The lowest BCUT2D eigenvalue weighted by molar-refractivity contribution is 0.123. The lowest BCUT2D eigenvalue weighted by Crippen LogP contribution is -2.30. The maximum Gasteiger partial charge on any atom is 0.409 e. The Hall–Kier alpha value is -2.95. The smallest absolute Gasteiger partial charge is 0.409 e. The molecule has 0 aliphatic heterocycles. The Bertz CT molecular complexity index is 949. The van der Waals surface area contributed by atoms with Crippen molar-refractivity contribution in [2.75, 3.05) is 13.7 Å². The summed E-state index contributed by atoms with van der Waals surface area (Å²) in [6.07, 6.45) is 3.32. The van der Waals surface area contributed by atoms with Crippen molar-refractivity contribution in [3.8, 4) is 22.6 Å². The number of unbranched alkanes of at least 4 members (excludes halogenated alkanes) is 2. The van der Waals surface area contributed by atoms with E-state index in [1.165, 1.54) is 12.0 Å². The van der Waals surface area contributed by atoms with Gasteiger partial charge in [0.25, 0.3) is 0 Å². The van der Waals surface area contributed by atoms with Gasteiger partial charge in [0, 0.05) is 12.1 Å². The third-order valence-corrected chi connectivity index (χ3v) is 5.59. The zero-order valence-electron chi connectivity index (χ0n) is 19.4. The number of rotatable bonds is 9. The first kappa shape index (κ1) is 24.3. The molecule has 0 spiro atoms. The van der Waals surface area contributed by atoms with Crippen LogP contribution in [0.3, 0.4) is 0 Å². The van der Waals surface area contributed by atoms with E-state index >= 15 is 0 Å². The number of hydrogen-bond acceptors (Lipinski definition) is 4. The summed E-state index contributed by atoms with van der Waals surface area (Å²) in [6, 6.07) is 7.61. The third-order valence-electron chi connectivity index (χ3n) is 5.59. The highest BCUT2D eigenvalue weighted by Gasteiger charge is 2.24. The van der Waals surface area contributed by atoms with Gasteiger partial charge in [-0.25, -0.2) is 4.79 Å². The summed E-state index contributed by atoms with van der Waals surface area (Å²) in [6.45, 7) is 12.6. The Morgan fingerprint density at radius 3 is 2.45 bits per heavy atom. The summed E-state index contributed by atoms with van der Waals surface area (Å²) in [5, 5.41) is 22.3. The summed E-state index contributed by atoms with van der Waals surface area (Å²) < 4.78 is 4.90. The Morgan fingerprint density at radius 1 is 1.16 bits per heavy atom. The van der Waals surface area contributed by atoms with Crippen molar-refractivity contribution < 1.29 is 19.7 Å². The van der Waals surface area contributed by atoms with Crippen molar-refractivity contribution in [3.05, 3.63) is 53.1 Å². The topological polar surface area (TPSA) is 70.0 Å². The first-order valence-corrected chi connectivity index (χ1v) is 10.9. The predicted molar refractivity (Wildman–Crippen MR) is 126 cm³/mol. The van der Waals surface area contributed by atoms with E-state index in [2.05, 4.69) is 13.5 Å². The first-order chi connectivity index (χ1) is 14.7. The largest absolute Gasteiger partial charge is 0.507 e. The predicted octanol–water partition coefficient (Wildman–Crippen LogP) is 6.43.